The molecule has 0 spiro atoms. The minimum Gasteiger partial charge on any atom is -0.338 e. The van der Waals surface area contributed by atoms with Crippen LogP contribution >= 0.6 is 15.9 Å². The summed E-state index contributed by atoms with van der Waals surface area (Å²) in [5.41, 5.74) is -0.0272. The van der Waals surface area contributed by atoms with Gasteiger partial charge in [-0.2, -0.15) is 4.98 Å². The van der Waals surface area contributed by atoms with Crippen molar-refractivity contribution >= 4 is 15.9 Å². The van der Waals surface area contributed by atoms with Gasteiger partial charge in [0.1, 0.15) is 11.6 Å². The number of halogens is 3. The van der Waals surface area contributed by atoms with Gasteiger partial charge in [0.15, 0.2) is 5.82 Å². The summed E-state index contributed by atoms with van der Waals surface area (Å²) in [7, 11) is 0. The lowest BCUT2D eigenvalue weighted by molar-refractivity contribution is 0.363. The van der Waals surface area contributed by atoms with Crippen LogP contribution in [-0.4, -0.2) is 10.1 Å². The lowest BCUT2D eigenvalue weighted by atomic mass is 10.2. The number of rotatable bonds is 4. The summed E-state index contributed by atoms with van der Waals surface area (Å²) in [6.45, 7) is 1.99. The lowest BCUT2D eigenvalue weighted by Gasteiger charge is -2.06. The Bertz CT molecular complexity index is 559. The fourth-order valence-corrected chi connectivity index (χ4v) is 1.81. The fourth-order valence-electron chi connectivity index (χ4n) is 1.44. The second-order valence-electron chi connectivity index (χ2n) is 3.66. The fraction of sp³-hybridized carbons (Fsp3) is 0.273. The number of nitrogens with zero attached hydrogens (tertiary/aromatic N) is 2. The van der Waals surface area contributed by atoms with E-state index in [1.807, 2.05) is 0 Å². The molecular formula is C11H10BrF2N3O. The predicted molar refractivity (Wildman–Crippen MR) is 63.6 cm³/mol. The third-order valence-electron chi connectivity index (χ3n) is 2.29. The van der Waals surface area contributed by atoms with Crippen molar-refractivity contribution in [3.05, 3.63) is 45.5 Å². The lowest BCUT2D eigenvalue weighted by Crippen LogP contribution is -2.15. The molecule has 1 aromatic heterocycles. The van der Waals surface area contributed by atoms with Gasteiger partial charge in [0.05, 0.1) is 11.0 Å². The van der Waals surface area contributed by atoms with Gasteiger partial charge in [-0.05, 0) is 35.0 Å². The number of hydrogen-bond donors (Lipinski definition) is 1. The summed E-state index contributed by atoms with van der Waals surface area (Å²) in [4.78, 5) is 3.97. The van der Waals surface area contributed by atoms with Gasteiger partial charge in [-0.15, -0.1) is 0 Å². The normalized spacial score (nSPS) is 10.9. The van der Waals surface area contributed by atoms with Crippen molar-refractivity contribution in [1.29, 1.82) is 0 Å². The van der Waals surface area contributed by atoms with Crippen LogP contribution in [0.5, 0.6) is 0 Å². The summed E-state index contributed by atoms with van der Waals surface area (Å²) in [6, 6.07) is 2.54. The van der Waals surface area contributed by atoms with Crippen LogP contribution in [0.15, 0.2) is 21.1 Å². The molecule has 0 unspecified atom stereocenters. The molecule has 0 amide bonds. The average molecular weight is 318 g/mol. The Hall–Kier alpha value is -1.34. The smallest absolute Gasteiger partial charge is 0.240 e. The predicted octanol–water partition coefficient (Wildman–Crippen LogP) is 2.71. The van der Waals surface area contributed by atoms with Gasteiger partial charge in [0.2, 0.25) is 5.89 Å². The van der Waals surface area contributed by atoms with Gasteiger partial charge in [-0.1, -0.05) is 5.16 Å². The molecule has 1 aromatic carbocycles. The van der Waals surface area contributed by atoms with E-state index in [9.17, 15) is 8.78 Å². The highest BCUT2D eigenvalue weighted by Gasteiger charge is 2.12. The maximum Gasteiger partial charge on any atom is 0.240 e. The zero-order chi connectivity index (χ0) is 13.1. The Labute approximate surface area is 111 Å². The van der Waals surface area contributed by atoms with E-state index in [-0.39, 0.29) is 23.1 Å². The topological polar surface area (TPSA) is 51.0 Å². The van der Waals surface area contributed by atoms with Crippen molar-refractivity contribution in [2.45, 2.75) is 20.0 Å². The molecule has 7 heteroatoms. The van der Waals surface area contributed by atoms with E-state index in [1.54, 1.807) is 6.92 Å². The highest BCUT2D eigenvalue weighted by atomic mass is 79.9. The van der Waals surface area contributed by atoms with E-state index in [0.29, 0.717) is 11.7 Å². The van der Waals surface area contributed by atoms with Gasteiger partial charge >= 0.3 is 0 Å². The molecule has 18 heavy (non-hydrogen) atoms. The SMILES string of the molecule is Cc1noc(CNCc2c(F)ccc(Br)c2F)n1. The Morgan fingerprint density at radius 2 is 2.11 bits per heavy atom. The number of hydrogen-bond acceptors (Lipinski definition) is 4. The van der Waals surface area contributed by atoms with Crippen molar-refractivity contribution in [1.82, 2.24) is 15.5 Å². The number of nitrogens with one attached hydrogen (secondary N) is 1. The van der Waals surface area contributed by atoms with Crippen molar-refractivity contribution in [3.8, 4) is 0 Å². The molecule has 96 valence electrons. The first-order valence-electron chi connectivity index (χ1n) is 5.20. The van der Waals surface area contributed by atoms with E-state index < -0.39 is 11.6 Å². The summed E-state index contributed by atoms with van der Waals surface area (Å²) in [5, 5.41) is 6.45. The molecule has 0 aliphatic carbocycles. The van der Waals surface area contributed by atoms with E-state index >= 15 is 0 Å². The number of aromatic nitrogens is 2. The molecule has 0 saturated heterocycles. The summed E-state index contributed by atoms with van der Waals surface area (Å²) in [5.74, 6) is -0.302. The molecule has 2 rings (SSSR count). The summed E-state index contributed by atoms with van der Waals surface area (Å²) < 4.78 is 32.1. The van der Waals surface area contributed by atoms with Crippen LogP contribution in [0.1, 0.15) is 17.3 Å². The van der Waals surface area contributed by atoms with Crippen LogP contribution in [0.3, 0.4) is 0 Å². The van der Waals surface area contributed by atoms with E-state index in [2.05, 4.69) is 31.4 Å². The first-order valence-corrected chi connectivity index (χ1v) is 5.99. The molecule has 1 heterocycles. The van der Waals surface area contributed by atoms with Crippen LogP contribution in [0.25, 0.3) is 0 Å². The maximum atomic E-state index is 13.6. The summed E-state index contributed by atoms with van der Waals surface area (Å²) in [6.07, 6.45) is 0. The Morgan fingerprint density at radius 1 is 1.33 bits per heavy atom. The van der Waals surface area contributed by atoms with Crippen molar-refractivity contribution < 1.29 is 13.3 Å². The van der Waals surface area contributed by atoms with Crippen LogP contribution in [0, 0.1) is 18.6 Å². The molecule has 0 aliphatic rings. The van der Waals surface area contributed by atoms with Gasteiger partial charge < -0.3 is 9.84 Å². The molecule has 4 nitrogen and oxygen atoms in total. The first kappa shape index (κ1) is 13.1. The first-order chi connectivity index (χ1) is 8.58. The van der Waals surface area contributed by atoms with Gasteiger partial charge in [-0.3, -0.25) is 0 Å². The van der Waals surface area contributed by atoms with Crippen molar-refractivity contribution in [3.63, 3.8) is 0 Å². The third kappa shape index (κ3) is 2.91. The Morgan fingerprint density at radius 3 is 2.78 bits per heavy atom. The van der Waals surface area contributed by atoms with Crippen LogP contribution in [0.4, 0.5) is 8.78 Å². The second-order valence-corrected chi connectivity index (χ2v) is 4.51. The highest BCUT2D eigenvalue weighted by Crippen LogP contribution is 2.21. The van der Waals surface area contributed by atoms with Gasteiger partial charge in [0, 0.05) is 12.1 Å². The molecule has 0 bridgehead atoms. The van der Waals surface area contributed by atoms with E-state index in [0.717, 1.165) is 0 Å². The molecule has 0 fully saturated rings. The molecule has 0 saturated carbocycles. The van der Waals surface area contributed by atoms with Crippen LogP contribution < -0.4 is 5.32 Å². The zero-order valence-electron chi connectivity index (χ0n) is 9.51. The van der Waals surface area contributed by atoms with Crippen LogP contribution in [0.2, 0.25) is 0 Å². The van der Waals surface area contributed by atoms with Crippen molar-refractivity contribution in [2.75, 3.05) is 0 Å². The zero-order valence-corrected chi connectivity index (χ0v) is 11.1. The molecular weight excluding hydrogens is 308 g/mol. The molecule has 2 aromatic rings. The van der Waals surface area contributed by atoms with Gasteiger partial charge in [0.25, 0.3) is 0 Å². The quantitative estimate of drug-likeness (QED) is 0.881. The third-order valence-corrected chi connectivity index (χ3v) is 2.90. The maximum absolute atomic E-state index is 13.6. The molecule has 1 N–H and O–H groups in total. The van der Waals surface area contributed by atoms with Gasteiger partial charge in [-0.25, -0.2) is 8.78 Å². The molecule has 0 radical (unpaired) electrons. The largest absolute Gasteiger partial charge is 0.338 e. The highest BCUT2D eigenvalue weighted by molar-refractivity contribution is 9.10. The number of benzene rings is 1. The molecule has 0 atom stereocenters. The standard InChI is InChI=1S/C11H10BrF2N3O/c1-6-16-10(18-17-6)5-15-4-7-9(13)3-2-8(12)11(7)14/h2-3,15H,4-5H2,1H3. The minimum absolute atomic E-state index is 0.0272. The number of aryl methyl sites for hydroxylation is 1. The van der Waals surface area contributed by atoms with Crippen LogP contribution in [-0.2, 0) is 13.1 Å². The minimum atomic E-state index is -0.607. The Kier molecular flexibility index (Phi) is 4.03. The summed E-state index contributed by atoms with van der Waals surface area (Å²) >= 11 is 3.01. The Balaban J connectivity index is 2.00. The van der Waals surface area contributed by atoms with Crippen molar-refractivity contribution in [2.24, 2.45) is 0 Å². The van der Waals surface area contributed by atoms with E-state index in [1.165, 1.54) is 12.1 Å². The molecule has 0 aliphatic heterocycles. The monoisotopic (exact) mass is 317 g/mol. The average Bonchev–Trinajstić information content (AvgIpc) is 2.74. The second kappa shape index (κ2) is 5.53. The van der Waals surface area contributed by atoms with E-state index in [4.69, 9.17) is 4.52 Å².